The van der Waals surface area contributed by atoms with Crippen molar-refractivity contribution in [3.05, 3.63) is 29.3 Å². The maximum Gasteiger partial charge on any atom is 0.408 e. The molecule has 0 spiro atoms. The van der Waals surface area contributed by atoms with Crippen LogP contribution in [0.4, 0.5) is 4.79 Å². The molecule has 0 saturated carbocycles. The Hall–Kier alpha value is -2.77. The largest absolute Gasteiger partial charge is 0.508 e. The molecule has 3 unspecified atom stereocenters. The van der Waals surface area contributed by atoms with Crippen LogP contribution in [0.2, 0.25) is 0 Å². The third-order valence-corrected chi connectivity index (χ3v) is 5.56. The molecule has 0 heterocycles. The van der Waals surface area contributed by atoms with Crippen molar-refractivity contribution in [3.8, 4) is 5.75 Å². The average Bonchev–Trinajstić information content (AvgIpc) is 2.72. The highest BCUT2D eigenvalue weighted by molar-refractivity contribution is 5.92. The summed E-state index contributed by atoms with van der Waals surface area (Å²) in [5.74, 6) is -0.773. The van der Waals surface area contributed by atoms with E-state index in [2.05, 4.69) is 10.6 Å². The summed E-state index contributed by atoms with van der Waals surface area (Å²) in [4.78, 5) is 41.5. The zero-order chi connectivity index (χ0) is 26.9. The summed E-state index contributed by atoms with van der Waals surface area (Å²) < 4.78 is 5.38. The number of hydrogen-bond donors (Lipinski definition) is 3. The van der Waals surface area contributed by atoms with Crippen LogP contribution in [-0.4, -0.2) is 52.1 Å². The van der Waals surface area contributed by atoms with E-state index in [1.807, 2.05) is 34.6 Å². The Labute approximate surface area is 210 Å². The van der Waals surface area contributed by atoms with Crippen LogP contribution in [0, 0.1) is 12.8 Å². The molecule has 8 nitrogen and oxygen atoms in total. The molecule has 0 aliphatic carbocycles. The number of benzene rings is 1. The molecular formula is C27H45N3O5. The van der Waals surface area contributed by atoms with Crippen molar-refractivity contribution in [2.24, 2.45) is 5.92 Å². The number of nitrogens with zero attached hydrogens (tertiary/aromatic N) is 1. The lowest BCUT2D eigenvalue weighted by Crippen LogP contribution is -2.55. The van der Waals surface area contributed by atoms with Crippen molar-refractivity contribution in [1.82, 2.24) is 15.5 Å². The minimum atomic E-state index is -0.914. The number of carbonyl (C=O) groups is 3. The molecule has 1 rings (SSSR count). The van der Waals surface area contributed by atoms with Gasteiger partial charge in [-0.05, 0) is 76.6 Å². The molecule has 3 amide bonds. The van der Waals surface area contributed by atoms with Crippen LogP contribution >= 0.6 is 0 Å². The summed E-state index contributed by atoms with van der Waals surface area (Å²) in [5.41, 5.74) is 0.500. The first-order valence-corrected chi connectivity index (χ1v) is 12.6. The van der Waals surface area contributed by atoms with E-state index < -0.39 is 23.8 Å². The number of carbonyl (C=O) groups excluding carboxylic acids is 3. The predicted molar refractivity (Wildman–Crippen MR) is 138 cm³/mol. The van der Waals surface area contributed by atoms with Gasteiger partial charge in [0.15, 0.2) is 0 Å². The first-order chi connectivity index (χ1) is 16.2. The molecule has 3 atom stereocenters. The summed E-state index contributed by atoms with van der Waals surface area (Å²) in [7, 11) is 0. The molecule has 0 aromatic heterocycles. The van der Waals surface area contributed by atoms with Crippen molar-refractivity contribution in [2.75, 3.05) is 6.54 Å². The van der Waals surface area contributed by atoms with Gasteiger partial charge < -0.3 is 25.4 Å². The van der Waals surface area contributed by atoms with Gasteiger partial charge in [0.2, 0.25) is 11.8 Å². The molecular weight excluding hydrogens is 446 g/mol. The fourth-order valence-corrected chi connectivity index (χ4v) is 3.88. The molecule has 1 aromatic rings. The van der Waals surface area contributed by atoms with Gasteiger partial charge in [0.1, 0.15) is 23.4 Å². The van der Waals surface area contributed by atoms with E-state index >= 15 is 0 Å². The summed E-state index contributed by atoms with van der Waals surface area (Å²) >= 11 is 0. The van der Waals surface area contributed by atoms with Gasteiger partial charge in [-0.15, -0.1) is 0 Å². The molecule has 0 aliphatic heterocycles. The van der Waals surface area contributed by atoms with E-state index in [0.29, 0.717) is 24.1 Å². The zero-order valence-corrected chi connectivity index (χ0v) is 22.9. The monoisotopic (exact) mass is 491 g/mol. The Morgan fingerprint density at radius 3 is 2.17 bits per heavy atom. The second-order valence-corrected chi connectivity index (χ2v) is 10.5. The minimum absolute atomic E-state index is 0.0624. The van der Waals surface area contributed by atoms with Crippen molar-refractivity contribution < 1.29 is 24.2 Å². The van der Waals surface area contributed by atoms with Crippen molar-refractivity contribution in [2.45, 2.75) is 105 Å². The Bertz CT molecular complexity index is 863. The van der Waals surface area contributed by atoms with Crippen molar-refractivity contribution >= 4 is 17.9 Å². The van der Waals surface area contributed by atoms with Crippen molar-refractivity contribution in [3.63, 3.8) is 0 Å². The number of rotatable bonds is 11. The highest BCUT2D eigenvalue weighted by Crippen LogP contribution is 2.28. The smallest absolute Gasteiger partial charge is 0.408 e. The van der Waals surface area contributed by atoms with Gasteiger partial charge in [0, 0.05) is 12.6 Å². The molecule has 8 heteroatoms. The number of hydrogen-bond acceptors (Lipinski definition) is 5. The Morgan fingerprint density at radius 2 is 1.69 bits per heavy atom. The van der Waals surface area contributed by atoms with Crippen LogP contribution in [0.1, 0.15) is 91.8 Å². The van der Waals surface area contributed by atoms with E-state index in [-0.39, 0.29) is 29.5 Å². The van der Waals surface area contributed by atoms with Gasteiger partial charge in [-0.2, -0.15) is 0 Å². The molecule has 35 heavy (non-hydrogen) atoms. The number of amides is 3. The van der Waals surface area contributed by atoms with E-state index in [4.69, 9.17) is 4.74 Å². The molecule has 0 saturated heterocycles. The van der Waals surface area contributed by atoms with E-state index in [1.54, 1.807) is 39.8 Å². The number of phenolic OH excluding ortho intramolecular Hbond substituents is 1. The topological polar surface area (TPSA) is 108 Å². The zero-order valence-electron chi connectivity index (χ0n) is 22.9. The third kappa shape index (κ3) is 9.42. The Kier molecular flexibility index (Phi) is 11.5. The summed E-state index contributed by atoms with van der Waals surface area (Å²) in [6.07, 6.45) is 1.66. The summed E-state index contributed by atoms with van der Waals surface area (Å²) in [5, 5.41) is 15.8. The number of phenols is 1. The molecule has 1 aromatic carbocycles. The van der Waals surface area contributed by atoms with Gasteiger partial charge >= 0.3 is 6.09 Å². The minimum Gasteiger partial charge on any atom is -0.508 e. The lowest BCUT2D eigenvalue weighted by Gasteiger charge is -2.36. The number of alkyl carbamates (subject to hydrolysis) is 1. The van der Waals surface area contributed by atoms with Crippen LogP contribution in [0.5, 0.6) is 5.75 Å². The number of nitrogens with one attached hydrogen (secondary N) is 2. The van der Waals surface area contributed by atoms with Crippen LogP contribution in [0.15, 0.2) is 18.2 Å². The van der Waals surface area contributed by atoms with Crippen LogP contribution in [0.3, 0.4) is 0 Å². The maximum atomic E-state index is 13.9. The summed E-state index contributed by atoms with van der Waals surface area (Å²) in [6.45, 7) is 16.9. The van der Waals surface area contributed by atoms with Gasteiger partial charge in [-0.25, -0.2) is 4.79 Å². The highest BCUT2D eigenvalue weighted by Gasteiger charge is 2.37. The molecule has 0 radical (unpaired) electrons. The van der Waals surface area contributed by atoms with Gasteiger partial charge in [-0.3, -0.25) is 9.59 Å². The van der Waals surface area contributed by atoms with Crippen LogP contribution in [0.25, 0.3) is 0 Å². The highest BCUT2D eigenvalue weighted by atomic mass is 16.6. The maximum absolute atomic E-state index is 13.9. The SMILES string of the molecule is CCCC(C)NC(=O)C(c1ccc(O)c(C)c1)N(CCC)C(=O)C(NC(=O)OC(C)(C)C)C(C)C. The average molecular weight is 492 g/mol. The standard InChI is InChI=1S/C27H45N3O5/c1-10-12-19(6)28-24(32)23(20-13-14-21(31)18(5)16-20)30(15-11-2)25(33)22(17(3)4)29-26(34)35-27(7,8)9/h13-14,16-17,19,22-23,31H,10-12,15H2,1-9H3,(H,28,32)(H,29,34). The van der Waals surface area contributed by atoms with E-state index in [9.17, 15) is 19.5 Å². The number of ether oxygens (including phenoxy) is 1. The molecule has 0 bridgehead atoms. The number of aryl methyl sites for hydroxylation is 1. The molecule has 0 aliphatic rings. The Balaban J connectivity index is 3.45. The fraction of sp³-hybridized carbons (Fsp3) is 0.667. The first-order valence-electron chi connectivity index (χ1n) is 12.6. The number of aromatic hydroxyl groups is 1. The second kappa shape index (κ2) is 13.4. The van der Waals surface area contributed by atoms with Gasteiger partial charge in [-0.1, -0.05) is 40.2 Å². The molecule has 198 valence electrons. The van der Waals surface area contributed by atoms with Crippen LogP contribution in [-0.2, 0) is 14.3 Å². The second-order valence-electron chi connectivity index (χ2n) is 10.5. The predicted octanol–water partition coefficient (Wildman–Crippen LogP) is 4.83. The quantitative estimate of drug-likeness (QED) is 0.411. The lowest BCUT2D eigenvalue weighted by atomic mass is 9.97. The van der Waals surface area contributed by atoms with E-state index in [0.717, 1.165) is 12.8 Å². The van der Waals surface area contributed by atoms with Gasteiger partial charge in [0.05, 0.1) is 0 Å². The van der Waals surface area contributed by atoms with Crippen LogP contribution < -0.4 is 10.6 Å². The molecule has 0 fully saturated rings. The van der Waals surface area contributed by atoms with Gasteiger partial charge in [0.25, 0.3) is 0 Å². The Morgan fingerprint density at radius 1 is 1.06 bits per heavy atom. The summed E-state index contributed by atoms with van der Waals surface area (Å²) in [6, 6.07) is 3.08. The lowest BCUT2D eigenvalue weighted by molar-refractivity contribution is -0.143. The molecule has 3 N–H and O–H groups in total. The fourth-order valence-electron chi connectivity index (χ4n) is 3.88. The normalized spacial score (nSPS) is 14.1. The van der Waals surface area contributed by atoms with Crippen molar-refractivity contribution in [1.29, 1.82) is 0 Å². The third-order valence-electron chi connectivity index (χ3n) is 5.56. The van der Waals surface area contributed by atoms with E-state index in [1.165, 1.54) is 11.0 Å². The first kappa shape index (κ1) is 30.3.